The molecule has 0 aliphatic carbocycles. The molecule has 0 aliphatic heterocycles. The molecule has 0 heterocycles. The summed E-state index contributed by atoms with van der Waals surface area (Å²) >= 11 is 0. The Bertz CT molecular complexity index is 525. The Kier molecular flexibility index (Phi) is 6.16. The van der Waals surface area contributed by atoms with E-state index < -0.39 is 21.9 Å². The molecule has 1 aromatic rings. The van der Waals surface area contributed by atoms with Gasteiger partial charge in [-0.05, 0) is 17.9 Å². The Morgan fingerprint density at radius 3 is 2.35 bits per heavy atom. The topological polar surface area (TPSA) is 83.5 Å². The van der Waals surface area contributed by atoms with Gasteiger partial charge in [-0.3, -0.25) is 4.79 Å². The van der Waals surface area contributed by atoms with Crippen molar-refractivity contribution in [3.05, 3.63) is 35.9 Å². The van der Waals surface area contributed by atoms with Crippen LogP contribution in [0.5, 0.6) is 0 Å². The van der Waals surface area contributed by atoms with Crippen LogP contribution in [0.2, 0.25) is 0 Å². The lowest BCUT2D eigenvalue weighted by Gasteiger charge is -2.16. The van der Waals surface area contributed by atoms with E-state index in [1.165, 1.54) is 0 Å². The number of carboxylic acids is 1. The third-order valence-corrected chi connectivity index (χ3v) is 4.50. The highest BCUT2D eigenvalue weighted by Gasteiger charge is 2.23. The first-order chi connectivity index (χ1) is 9.32. The molecule has 1 rings (SSSR count). The molecule has 1 atom stereocenters. The molecule has 1 unspecified atom stereocenters. The van der Waals surface area contributed by atoms with Crippen LogP contribution in [0.3, 0.4) is 0 Å². The van der Waals surface area contributed by atoms with E-state index in [0.29, 0.717) is 6.42 Å². The summed E-state index contributed by atoms with van der Waals surface area (Å²) in [5.74, 6) is -1.85. The SMILES string of the molecule is CC(C)C(CNS(=O)(=O)CCc1ccccc1)C(=O)O. The molecule has 5 nitrogen and oxygen atoms in total. The summed E-state index contributed by atoms with van der Waals surface area (Å²) in [5.41, 5.74) is 0.941. The van der Waals surface area contributed by atoms with Crippen molar-refractivity contribution in [3.63, 3.8) is 0 Å². The molecule has 0 aliphatic rings. The first-order valence-corrected chi connectivity index (χ1v) is 8.21. The Hall–Kier alpha value is -1.40. The summed E-state index contributed by atoms with van der Waals surface area (Å²) in [6.45, 7) is 3.46. The molecule has 6 heteroatoms. The first kappa shape index (κ1) is 16.7. The number of aryl methyl sites for hydroxylation is 1. The van der Waals surface area contributed by atoms with Crippen molar-refractivity contribution in [1.29, 1.82) is 0 Å². The van der Waals surface area contributed by atoms with Gasteiger partial charge in [0.1, 0.15) is 0 Å². The van der Waals surface area contributed by atoms with Crippen LogP contribution in [-0.4, -0.2) is 31.8 Å². The lowest BCUT2D eigenvalue weighted by atomic mass is 9.97. The number of sulfonamides is 1. The number of aliphatic carboxylic acids is 1. The maximum absolute atomic E-state index is 11.8. The average molecular weight is 299 g/mol. The van der Waals surface area contributed by atoms with E-state index in [1.807, 2.05) is 30.3 Å². The normalized spacial score (nSPS) is 13.3. The Morgan fingerprint density at radius 2 is 1.85 bits per heavy atom. The highest BCUT2D eigenvalue weighted by atomic mass is 32.2. The number of benzene rings is 1. The molecule has 0 fully saturated rings. The molecule has 1 aromatic carbocycles. The monoisotopic (exact) mass is 299 g/mol. The molecule has 112 valence electrons. The zero-order valence-electron chi connectivity index (χ0n) is 11.7. The van der Waals surface area contributed by atoms with Gasteiger partial charge in [-0.25, -0.2) is 13.1 Å². The molecule has 0 amide bonds. The second-order valence-electron chi connectivity index (χ2n) is 5.09. The standard InChI is InChI=1S/C14H21NO4S/c1-11(2)13(14(16)17)10-15-20(18,19)9-8-12-6-4-3-5-7-12/h3-7,11,13,15H,8-10H2,1-2H3,(H,16,17). The molecule has 0 radical (unpaired) electrons. The van der Waals surface area contributed by atoms with Crippen LogP contribution < -0.4 is 4.72 Å². The van der Waals surface area contributed by atoms with Gasteiger partial charge in [0.05, 0.1) is 11.7 Å². The number of carboxylic acid groups (broad SMARTS) is 1. The second-order valence-corrected chi connectivity index (χ2v) is 7.02. The van der Waals surface area contributed by atoms with Gasteiger partial charge in [-0.15, -0.1) is 0 Å². The van der Waals surface area contributed by atoms with Crippen molar-refractivity contribution in [1.82, 2.24) is 4.72 Å². The highest BCUT2D eigenvalue weighted by molar-refractivity contribution is 7.89. The Morgan fingerprint density at radius 1 is 1.25 bits per heavy atom. The summed E-state index contributed by atoms with van der Waals surface area (Å²) in [5, 5.41) is 9.01. The summed E-state index contributed by atoms with van der Waals surface area (Å²) < 4.78 is 26.1. The Balaban J connectivity index is 2.51. The van der Waals surface area contributed by atoms with Crippen molar-refractivity contribution >= 4 is 16.0 Å². The summed E-state index contributed by atoms with van der Waals surface area (Å²) in [6.07, 6.45) is 0.412. The minimum Gasteiger partial charge on any atom is -0.481 e. The van der Waals surface area contributed by atoms with Crippen molar-refractivity contribution in [2.75, 3.05) is 12.3 Å². The number of hydrogen-bond donors (Lipinski definition) is 2. The van der Waals surface area contributed by atoms with E-state index in [4.69, 9.17) is 5.11 Å². The lowest BCUT2D eigenvalue weighted by molar-refractivity contribution is -0.142. The fourth-order valence-electron chi connectivity index (χ4n) is 1.79. The molecule has 0 bridgehead atoms. The number of rotatable bonds is 8. The fourth-order valence-corrected chi connectivity index (χ4v) is 2.88. The molecule has 0 spiro atoms. The quantitative estimate of drug-likeness (QED) is 0.762. The van der Waals surface area contributed by atoms with E-state index in [9.17, 15) is 13.2 Å². The molecular formula is C14H21NO4S. The van der Waals surface area contributed by atoms with Crippen LogP contribution in [0.1, 0.15) is 19.4 Å². The molecule has 0 saturated carbocycles. The average Bonchev–Trinajstić information content (AvgIpc) is 2.37. The predicted octanol–water partition coefficient (Wildman–Crippen LogP) is 1.51. The van der Waals surface area contributed by atoms with Gasteiger partial charge in [0, 0.05) is 6.54 Å². The van der Waals surface area contributed by atoms with E-state index in [-0.39, 0.29) is 18.2 Å². The fraction of sp³-hybridized carbons (Fsp3) is 0.500. The van der Waals surface area contributed by atoms with Crippen molar-refractivity contribution in [2.45, 2.75) is 20.3 Å². The van der Waals surface area contributed by atoms with E-state index >= 15 is 0 Å². The zero-order valence-corrected chi connectivity index (χ0v) is 12.6. The minimum absolute atomic E-state index is 0.0402. The van der Waals surface area contributed by atoms with Gasteiger partial charge in [0.15, 0.2) is 0 Å². The van der Waals surface area contributed by atoms with Crippen molar-refractivity contribution in [2.24, 2.45) is 11.8 Å². The van der Waals surface area contributed by atoms with E-state index in [0.717, 1.165) is 5.56 Å². The smallest absolute Gasteiger partial charge is 0.308 e. The van der Waals surface area contributed by atoms with E-state index in [1.54, 1.807) is 13.8 Å². The van der Waals surface area contributed by atoms with Gasteiger partial charge in [0.25, 0.3) is 0 Å². The van der Waals surface area contributed by atoms with Crippen LogP contribution in [0.25, 0.3) is 0 Å². The van der Waals surface area contributed by atoms with Crippen LogP contribution in [0.4, 0.5) is 0 Å². The number of hydrogen-bond acceptors (Lipinski definition) is 3. The highest BCUT2D eigenvalue weighted by Crippen LogP contribution is 2.10. The van der Waals surface area contributed by atoms with Crippen LogP contribution in [0.15, 0.2) is 30.3 Å². The molecule has 0 aromatic heterocycles. The summed E-state index contributed by atoms with van der Waals surface area (Å²) in [7, 11) is -3.46. The van der Waals surface area contributed by atoms with E-state index in [2.05, 4.69) is 4.72 Å². The third-order valence-electron chi connectivity index (χ3n) is 3.15. The molecule has 2 N–H and O–H groups in total. The van der Waals surface area contributed by atoms with Crippen molar-refractivity contribution < 1.29 is 18.3 Å². The largest absolute Gasteiger partial charge is 0.481 e. The van der Waals surface area contributed by atoms with Crippen LogP contribution in [0, 0.1) is 11.8 Å². The second kappa shape index (κ2) is 7.40. The van der Waals surface area contributed by atoms with Gasteiger partial charge in [-0.2, -0.15) is 0 Å². The maximum Gasteiger partial charge on any atom is 0.308 e. The lowest BCUT2D eigenvalue weighted by Crippen LogP contribution is -2.37. The van der Waals surface area contributed by atoms with Gasteiger partial charge < -0.3 is 5.11 Å². The van der Waals surface area contributed by atoms with Gasteiger partial charge in [0.2, 0.25) is 10.0 Å². The van der Waals surface area contributed by atoms with Crippen LogP contribution in [-0.2, 0) is 21.2 Å². The predicted molar refractivity (Wildman–Crippen MR) is 77.9 cm³/mol. The minimum atomic E-state index is -3.46. The molecule has 20 heavy (non-hydrogen) atoms. The molecular weight excluding hydrogens is 278 g/mol. The van der Waals surface area contributed by atoms with Gasteiger partial charge in [-0.1, -0.05) is 44.2 Å². The summed E-state index contributed by atoms with van der Waals surface area (Å²) in [6, 6.07) is 9.31. The van der Waals surface area contributed by atoms with Crippen LogP contribution >= 0.6 is 0 Å². The number of carbonyl (C=O) groups is 1. The number of nitrogens with one attached hydrogen (secondary N) is 1. The zero-order chi connectivity index (χ0) is 15.2. The maximum atomic E-state index is 11.8. The summed E-state index contributed by atoms with van der Waals surface area (Å²) in [4.78, 5) is 11.0. The van der Waals surface area contributed by atoms with Crippen molar-refractivity contribution in [3.8, 4) is 0 Å². The van der Waals surface area contributed by atoms with Gasteiger partial charge >= 0.3 is 5.97 Å². The Labute approximate surface area is 120 Å². The molecule has 0 saturated heterocycles. The third kappa shape index (κ3) is 5.71. The first-order valence-electron chi connectivity index (χ1n) is 6.56.